The third-order valence-electron chi connectivity index (χ3n) is 4.59. The van der Waals surface area contributed by atoms with Gasteiger partial charge in [0.25, 0.3) is 11.1 Å². The Morgan fingerprint density at radius 2 is 1.86 bits per heavy atom. The lowest BCUT2D eigenvalue weighted by atomic mass is 10.2. The van der Waals surface area contributed by atoms with E-state index in [-0.39, 0.29) is 28.8 Å². The Bertz CT molecular complexity index is 1220. The summed E-state index contributed by atoms with van der Waals surface area (Å²) in [7, 11) is 0. The van der Waals surface area contributed by atoms with Crippen LogP contribution in [0, 0.1) is 5.82 Å². The van der Waals surface area contributed by atoms with Crippen LogP contribution in [0.25, 0.3) is 6.08 Å². The minimum Gasteiger partial charge on any atom is -0.490 e. The number of esters is 1. The number of rotatable bonds is 10. The molecule has 3 amide bonds. The topological polar surface area (TPSA) is 111 Å². The van der Waals surface area contributed by atoms with Crippen LogP contribution in [-0.4, -0.2) is 54.3 Å². The maximum atomic E-state index is 13.3. The first kappa shape index (κ1) is 27.0. The molecule has 36 heavy (non-hydrogen) atoms. The molecular formula is C24H22ClFN2O7S. The maximum Gasteiger partial charge on any atom is 0.344 e. The molecule has 1 saturated heterocycles. The molecule has 2 aromatic carbocycles. The number of ether oxygens (including phenoxy) is 3. The van der Waals surface area contributed by atoms with E-state index in [0.717, 1.165) is 11.0 Å². The maximum absolute atomic E-state index is 13.3. The SMILES string of the molecule is CCOC(=O)COc1ccc(/C=C2\SC(=O)N(CC(=O)Nc3ccc(F)c(Cl)c3)C2=O)cc1OCC. The lowest BCUT2D eigenvalue weighted by Crippen LogP contribution is -2.36. The van der Waals surface area contributed by atoms with Crippen LogP contribution in [0.5, 0.6) is 11.5 Å². The summed E-state index contributed by atoms with van der Waals surface area (Å²) >= 11 is 6.39. The molecule has 0 aromatic heterocycles. The number of benzene rings is 2. The molecule has 3 rings (SSSR count). The summed E-state index contributed by atoms with van der Waals surface area (Å²) in [5.74, 6) is -1.80. The van der Waals surface area contributed by atoms with Crippen molar-refractivity contribution in [2.75, 3.05) is 31.7 Å². The smallest absolute Gasteiger partial charge is 0.344 e. The van der Waals surface area contributed by atoms with Crippen LogP contribution in [0.2, 0.25) is 5.02 Å². The van der Waals surface area contributed by atoms with Gasteiger partial charge >= 0.3 is 5.97 Å². The molecular weight excluding hydrogens is 515 g/mol. The van der Waals surface area contributed by atoms with Crippen molar-refractivity contribution >= 4 is 58.1 Å². The molecule has 0 saturated carbocycles. The number of anilines is 1. The van der Waals surface area contributed by atoms with E-state index < -0.39 is 35.4 Å². The van der Waals surface area contributed by atoms with Crippen molar-refractivity contribution in [2.24, 2.45) is 0 Å². The van der Waals surface area contributed by atoms with E-state index in [1.165, 1.54) is 18.2 Å². The van der Waals surface area contributed by atoms with E-state index in [1.807, 2.05) is 0 Å². The summed E-state index contributed by atoms with van der Waals surface area (Å²) in [6.07, 6.45) is 1.49. The average Bonchev–Trinajstić information content (AvgIpc) is 3.08. The van der Waals surface area contributed by atoms with Gasteiger partial charge in [0, 0.05) is 5.69 Å². The van der Waals surface area contributed by atoms with E-state index in [1.54, 1.807) is 32.0 Å². The van der Waals surface area contributed by atoms with Crippen LogP contribution in [-0.2, 0) is 19.1 Å². The van der Waals surface area contributed by atoms with Gasteiger partial charge in [-0.1, -0.05) is 17.7 Å². The van der Waals surface area contributed by atoms with Crippen molar-refractivity contribution in [3.63, 3.8) is 0 Å². The van der Waals surface area contributed by atoms with Gasteiger partial charge in [-0.25, -0.2) is 9.18 Å². The fourth-order valence-electron chi connectivity index (χ4n) is 3.05. The first-order valence-corrected chi connectivity index (χ1v) is 12.0. The second kappa shape index (κ2) is 12.4. The predicted molar refractivity (Wildman–Crippen MR) is 132 cm³/mol. The van der Waals surface area contributed by atoms with Crippen LogP contribution < -0.4 is 14.8 Å². The van der Waals surface area contributed by atoms with Gasteiger partial charge in [0.15, 0.2) is 18.1 Å². The number of thioether (sulfide) groups is 1. The van der Waals surface area contributed by atoms with E-state index in [4.69, 9.17) is 25.8 Å². The third kappa shape index (κ3) is 6.98. The Morgan fingerprint density at radius 3 is 2.56 bits per heavy atom. The zero-order valence-corrected chi connectivity index (χ0v) is 20.9. The van der Waals surface area contributed by atoms with Gasteiger partial charge in [-0.2, -0.15) is 0 Å². The molecule has 1 aliphatic heterocycles. The van der Waals surface area contributed by atoms with E-state index in [2.05, 4.69) is 5.32 Å². The largest absolute Gasteiger partial charge is 0.490 e. The Morgan fingerprint density at radius 1 is 1.08 bits per heavy atom. The predicted octanol–water partition coefficient (Wildman–Crippen LogP) is 4.49. The van der Waals surface area contributed by atoms with Crippen molar-refractivity contribution < 1.29 is 37.8 Å². The molecule has 0 bridgehead atoms. The monoisotopic (exact) mass is 536 g/mol. The van der Waals surface area contributed by atoms with Gasteiger partial charge < -0.3 is 19.5 Å². The molecule has 1 N–H and O–H groups in total. The number of halogens is 2. The Balaban J connectivity index is 1.70. The molecule has 0 unspecified atom stereocenters. The zero-order chi connectivity index (χ0) is 26.2. The van der Waals surface area contributed by atoms with Gasteiger partial charge in [0.2, 0.25) is 5.91 Å². The van der Waals surface area contributed by atoms with Crippen molar-refractivity contribution in [1.82, 2.24) is 4.90 Å². The molecule has 190 valence electrons. The van der Waals surface area contributed by atoms with Crippen molar-refractivity contribution in [3.05, 3.63) is 57.7 Å². The standard InChI is InChI=1S/C24H22ClFN2O7S/c1-3-33-19-9-14(5-8-18(19)35-13-22(30)34-4-2)10-20-23(31)28(24(32)36-20)12-21(29)27-15-6-7-17(26)16(25)11-15/h5-11H,3-4,12-13H2,1-2H3,(H,27,29)/b20-10-. The van der Waals surface area contributed by atoms with E-state index in [9.17, 15) is 23.6 Å². The minimum atomic E-state index is -0.650. The van der Waals surface area contributed by atoms with E-state index >= 15 is 0 Å². The molecule has 0 radical (unpaired) electrons. The highest BCUT2D eigenvalue weighted by Crippen LogP contribution is 2.34. The molecule has 12 heteroatoms. The average molecular weight is 537 g/mol. The van der Waals surface area contributed by atoms with Crippen LogP contribution in [0.4, 0.5) is 14.9 Å². The molecule has 1 aliphatic rings. The summed E-state index contributed by atoms with van der Waals surface area (Å²) in [6.45, 7) is 3.20. The van der Waals surface area contributed by atoms with Crippen molar-refractivity contribution in [3.8, 4) is 11.5 Å². The highest BCUT2D eigenvalue weighted by atomic mass is 35.5. The summed E-state index contributed by atoms with van der Waals surface area (Å²) in [5.41, 5.74) is 0.764. The Labute approximate surface area is 215 Å². The van der Waals surface area contributed by atoms with Gasteiger partial charge in [0.05, 0.1) is 23.1 Å². The number of nitrogens with zero attached hydrogens (tertiary/aromatic N) is 1. The lowest BCUT2D eigenvalue weighted by molar-refractivity contribution is -0.145. The fraction of sp³-hybridized carbons (Fsp3) is 0.250. The Hall–Kier alpha value is -3.57. The number of imide groups is 1. The number of hydrogen-bond donors (Lipinski definition) is 1. The number of hydrogen-bond acceptors (Lipinski definition) is 8. The first-order chi connectivity index (χ1) is 17.2. The van der Waals surface area contributed by atoms with Crippen LogP contribution >= 0.6 is 23.4 Å². The molecule has 1 fully saturated rings. The molecule has 9 nitrogen and oxygen atoms in total. The molecule has 0 spiro atoms. The number of nitrogens with one attached hydrogen (secondary N) is 1. The highest BCUT2D eigenvalue weighted by molar-refractivity contribution is 8.18. The summed E-state index contributed by atoms with van der Waals surface area (Å²) in [6, 6.07) is 8.42. The second-order valence-electron chi connectivity index (χ2n) is 7.18. The molecule has 0 atom stereocenters. The van der Waals surface area contributed by atoms with Crippen LogP contribution in [0.3, 0.4) is 0 Å². The number of carbonyl (C=O) groups excluding carboxylic acids is 4. The minimum absolute atomic E-state index is 0.111. The van der Waals surface area contributed by atoms with Crippen LogP contribution in [0.15, 0.2) is 41.3 Å². The normalized spacial score (nSPS) is 14.2. The summed E-state index contributed by atoms with van der Waals surface area (Å²) in [5, 5.41) is 1.68. The first-order valence-electron chi connectivity index (χ1n) is 10.8. The van der Waals surface area contributed by atoms with Crippen LogP contribution in [0.1, 0.15) is 19.4 Å². The van der Waals surface area contributed by atoms with Gasteiger partial charge in [0.1, 0.15) is 12.4 Å². The van der Waals surface area contributed by atoms with Gasteiger partial charge in [-0.05, 0) is 67.6 Å². The molecule has 0 aliphatic carbocycles. The van der Waals surface area contributed by atoms with Gasteiger partial charge in [-0.15, -0.1) is 0 Å². The van der Waals surface area contributed by atoms with Gasteiger partial charge in [-0.3, -0.25) is 19.3 Å². The quantitative estimate of drug-likeness (QED) is 0.349. The summed E-state index contributed by atoms with van der Waals surface area (Å²) < 4.78 is 29.2. The summed E-state index contributed by atoms with van der Waals surface area (Å²) in [4.78, 5) is 50.0. The van der Waals surface area contributed by atoms with Crippen molar-refractivity contribution in [1.29, 1.82) is 0 Å². The highest BCUT2D eigenvalue weighted by Gasteiger charge is 2.36. The lowest BCUT2D eigenvalue weighted by Gasteiger charge is -2.13. The zero-order valence-electron chi connectivity index (χ0n) is 19.3. The van der Waals surface area contributed by atoms with Crippen molar-refractivity contribution in [2.45, 2.75) is 13.8 Å². The Kier molecular flexibility index (Phi) is 9.31. The third-order valence-corrected chi connectivity index (χ3v) is 5.79. The number of amides is 3. The molecule has 2 aromatic rings. The van der Waals surface area contributed by atoms with E-state index in [0.29, 0.717) is 35.4 Å². The number of carbonyl (C=O) groups is 4. The molecule has 1 heterocycles. The second-order valence-corrected chi connectivity index (χ2v) is 8.58. The fourth-order valence-corrected chi connectivity index (χ4v) is 4.07.